The van der Waals surface area contributed by atoms with Crippen molar-refractivity contribution in [1.29, 1.82) is 0 Å². The first-order valence-electron chi connectivity index (χ1n) is 12.1. The monoisotopic (exact) mass is 529 g/mol. The quantitative estimate of drug-likeness (QED) is 0.415. The van der Waals surface area contributed by atoms with E-state index in [4.69, 9.17) is 4.84 Å². The molecule has 0 aromatic heterocycles. The maximum atomic E-state index is 14.0. The number of rotatable bonds is 6. The number of fused-ring (bicyclic) bond motifs is 2. The van der Waals surface area contributed by atoms with Crippen LogP contribution in [-0.4, -0.2) is 66.9 Å². The molecule has 5 aliphatic rings. The van der Waals surface area contributed by atoms with Crippen LogP contribution < -0.4 is 4.90 Å². The normalized spacial score (nSPS) is 32.4. The second-order valence-electron chi connectivity index (χ2n) is 10.4. The fraction of sp³-hybridized carbons (Fsp3) is 0.640. The van der Waals surface area contributed by atoms with Gasteiger partial charge >= 0.3 is 0 Å². The topological polar surface area (TPSA) is 70.2 Å². The molecular formula is C25H34Cl2FN3O4. The molecule has 1 aromatic rings. The molecule has 0 radical (unpaired) electrons. The summed E-state index contributed by atoms with van der Waals surface area (Å²) in [6.07, 6.45) is 1.87. The number of piperazine rings is 1. The van der Waals surface area contributed by atoms with E-state index >= 15 is 0 Å². The molecule has 0 spiro atoms. The number of amides is 2. The number of para-hydroxylation sites is 1. The zero-order valence-corrected chi connectivity index (χ0v) is 21.8. The van der Waals surface area contributed by atoms with E-state index in [2.05, 4.69) is 9.80 Å². The molecule has 2 amide bonds. The van der Waals surface area contributed by atoms with Gasteiger partial charge in [0.05, 0.1) is 24.1 Å². The van der Waals surface area contributed by atoms with E-state index in [1.165, 1.54) is 6.07 Å². The number of anilines is 1. The van der Waals surface area contributed by atoms with Gasteiger partial charge in [0.15, 0.2) is 0 Å². The molecule has 2 bridgehead atoms. The summed E-state index contributed by atoms with van der Waals surface area (Å²) < 4.78 is 14.0. The minimum atomic E-state index is -0.557. The third kappa shape index (κ3) is 4.82. The van der Waals surface area contributed by atoms with Gasteiger partial charge in [0, 0.05) is 45.1 Å². The van der Waals surface area contributed by atoms with E-state index in [0.29, 0.717) is 18.5 Å². The Bertz CT molecular complexity index is 974. The number of nitrogens with zero attached hydrogens (tertiary/aromatic N) is 3. The Hall–Kier alpha value is -1.74. The van der Waals surface area contributed by atoms with Gasteiger partial charge in [0.1, 0.15) is 11.6 Å². The first-order valence-corrected chi connectivity index (χ1v) is 12.1. The van der Waals surface area contributed by atoms with Crippen molar-refractivity contribution in [3.8, 4) is 0 Å². The van der Waals surface area contributed by atoms with Crippen molar-refractivity contribution in [1.82, 2.24) is 9.96 Å². The number of carbonyl (C=O) groups excluding carboxylic acids is 3. The average molecular weight is 530 g/mol. The van der Waals surface area contributed by atoms with E-state index in [9.17, 15) is 18.8 Å². The molecule has 194 valence electrons. The molecule has 3 unspecified atom stereocenters. The van der Waals surface area contributed by atoms with E-state index < -0.39 is 17.3 Å². The Morgan fingerprint density at radius 3 is 2.37 bits per heavy atom. The van der Waals surface area contributed by atoms with Crippen molar-refractivity contribution in [3.05, 3.63) is 30.1 Å². The van der Waals surface area contributed by atoms with E-state index in [1.807, 2.05) is 19.9 Å². The maximum absolute atomic E-state index is 14.0. The lowest BCUT2D eigenvalue weighted by atomic mass is 9.48. The number of hydrogen-bond acceptors (Lipinski definition) is 6. The number of carbonyl (C=O) groups is 3. The van der Waals surface area contributed by atoms with Crippen LogP contribution in [0.4, 0.5) is 10.1 Å². The SMILES string of the molecule is CC1C[C@]2(C)CC(=O)[C@H]1C1C(=O)N(OCCCN3CCN(c4ccccc4F)CC3)C(=O)C12.Cl.Cl. The largest absolute Gasteiger partial charge is 0.367 e. The summed E-state index contributed by atoms with van der Waals surface area (Å²) in [5, 5.41) is 0.966. The van der Waals surface area contributed by atoms with Crippen LogP contribution in [-0.2, 0) is 19.2 Å². The molecule has 2 saturated heterocycles. The van der Waals surface area contributed by atoms with Gasteiger partial charge in [0.25, 0.3) is 11.8 Å². The first kappa shape index (κ1) is 27.8. The van der Waals surface area contributed by atoms with Gasteiger partial charge < -0.3 is 4.90 Å². The highest BCUT2D eigenvalue weighted by atomic mass is 35.5. The number of ketones is 1. The Morgan fingerprint density at radius 2 is 1.71 bits per heavy atom. The van der Waals surface area contributed by atoms with Crippen LogP contribution in [0.1, 0.15) is 33.1 Å². The Morgan fingerprint density at radius 1 is 1.03 bits per heavy atom. The lowest BCUT2D eigenvalue weighted by Gasteiger charge is -2.52. The lowest BCUT2D eigenvalue weighted by Crippen LogP contribution is -2.56. The summed E-state index contributed by atoms with van der Waals surface area (Å²) in [5.41, 5.74) is 0.196. The van der Waals surface area contributed by atoms with Gasteiger partial charge in [0.2, 0.25) is 0 Å². The molecule has 5 atom stereocenters. The standard InChI is InChI=1S/C25H32FN3O4.2ClH/c1-16-14-25(2)15-19(30)20(16)21-22(25)24(32)29(23(21)31)33-13-5-8-27-9-11-28(12-10-27)18-7-4-3-6-17(18)26;;/h3-4,6-7,16,20-22H,5,8-15H2,1-2H3;2*1H/t16?,20-,21?,22?,25+;;/m0../s1. The van der Waals surface area contributed by atoms with Crippen molar-refractivity contribution in [2.24, 2.45) is 29.1 Å². The highest BCUT2D eigenvalue weighted by Crippen LogP contribution is 2.60. The number of hydrogen-bond donors (Lipinski definition) is 0. The highest BCUT2D eigenvalue weighted by molar-refractivity contribution is 6.08. The van der Waals surface area contributed by atoms with Gasteiger partial charge in [-0.15, -0.1) is 24.8 Å². The molecule has 2 aliphatic heterocycles. The maximum Gasteiger partial charge on any atom is 0.258 e. The Kier molecular flexibility index (Phi) is 8.52. The molecular weight excluding hydrogens is 496 g/mol. The third-order valence-electron chi connectivity index (χ3n) is 8.20. The molecule has 10 heteroatoms. The van der Waals surface area contributed by atoms with Crippen LogP contribution in [0, 0.1) is 34.9 Å². The van der Waals surface area contributed by atoms with Crippen LogP contribution in [0.3, 0.4) is 0 Å². The van der Waals surface area contributed by atoms with Crippen LogP contribution in [0.5, 0.6) is 0 Å². The predicted octanol–water partition coefficient (Wildman–Crippen LogP) is 3.35. The molecule has 1 aromatic carbocycles. The summed E-state index contributed by atoms with van der Waals surface area (Å²) >= 11 is 0. The van der Waals surface area contributed by atoms with Crippen molar-refractivity contribution >= 4 is 48.1 Å². The summed E-state index contributed by atoms with van der Waals surface area (Å²) in [7, 11) is 0. The fourth-order valence-corrected chi connectivity index (χ4v) is 6.81. The van der Waals surface area contributed by atoms with Gasteiger partial charge in [-0.3, -0.25) is 24.1 Å². The first-order chi connectivity index (χ1) is 15.8. The second kappa shape index (κ2) is 10.7. The molecule has 3 aliphatic carbocycles. The smallest absolute Gasteiger partial charge is 0.258 e. The van der Waals surface area contributed by atoms with Crippen molar-refractivity contribution < 1.29 is 23.6 Å². The lowest BCUT2D eigenvalue weighted by molar-refractivity contribution is -0.190. The summed E-state index contributed by atoms with van der Waals surface area (Å²) in [6.45, 7) is 8.19. The van der Waals surface area contributed by atoms with Gasteiger partial charge in [-0.25, -0.2) is 4.39 Å². The molecule has 2 heterocycles. The van der Waals surface area contributed by atoms with E-state index in [1.54, 1.807) is 12.1 Å². The van der Waals surface area contributed by atoms with Gasteiger partial charge in [-0.1, -0.05) is 26.0 Å². The van der Waals surface area contributed by atoms with Crippen molar-refractivity contribution in [2.75, 3.05) is 44.2 Å². The van der Waals surface area contributed by atoms with E-state index in [-0.39, 0.29) is 66.7 Å². The molecule has 3 saturated carbocycles. The van der Waals surface area contributed by atoms with Crippen molar-refractivity contribution in [2.45, 2.75) is 33.1 Å². The summed E-state index contributed by atoms with van der Waals surface area (Å²) in [6, 6.07) is 6.84. The van der Waals surface area contributed by atoms with Crippen molar-refractivity contribution in [3.63, 3.8) is 0 Å². The summed E-state index contributed by atoms with van der Waals surface area (Å²) in [5.74, 6) is -1.90. The van der Waals surface area contributed by atoms with Crippen LogP contribution in [0.15, 0.2) is 24.3 Å². The average Bonchev–Trinajstić information content (AvgIpc) is 3.03. The third-order valence-corrected chi connectivity index (χ3v) is 8.20. The number of hydroxylamine groups is 2. The minimum absolute atomic E-state index is 0. The molecule has 35 heavy (non-hydrogen) atoms. The number of imide groups is 1. The van der Waals surface area contributed by atoms with Crippen LogP contribution in [0.25, 0.3) is 0 Å². The predicted molar refractivity (Wildman–Crippen MR) is 134 cm³/mol. The minimum Gasteiger partial charge on any atom is -0.367 e. The number of benzene rings is 1. The highest BCUT2D eigenvalue weighted by Gasteiger charge is 2.67. The van der Waals surface area contributed by atoms with Crippen LogP contribution in [0.2, 0.25) is 0 Å². The van der Waals surface area contributed by atoms with Gasteiger partial charge in [-0.05, 0) is 36.3 Å². The molecule has 7 nitrogen and oxygen atoms in total. The Balaban J connectivity index is 0.00000171. The zero-order valence-electron chi connectivity index (χ0n) is 20.2. The summed E-state index contributed by atoms with van der Waals surface area (Å²) in [4.78, 5) is 48.8. The van der Waals surface area contributed by atoms with E-state index in [0.717, 1.165) is 44.2 Å². The number of halogens is 3. The zero-order chi connectivity index (χ0) is 23.3. The molecule has 0 N–H and O–H groups in total. The number of Topliss-reactive ketones (excluding diaryl/α,β-unsaturated/α-hetero) is 1. The Labute approximate surface area is 218 Å². The molecule has 6 rings (SSSR count). The fourth-order valence-electron chi connectivity index (χ4n) is 6.81. The second-order valence-corrected chi connectivity index (χ2v) is 10.4. The van der Waals surface area contributed by atoms with Gasteiger partial charge in [-0.2, -0.15) is 5.06 Å². The molecule has 5 fully saturated rings. The van der Waals surface area contributed by atoms with Crippen LogP contribution >= 0.6 is 24.8 Å².